The van der Waals surface area contributed by atoms with Crippen LogP contribution >= 0.6 is 11.8 Å². The molecule has 122 valence electrons. The van der Waals surface area contributed by atoms with Gasteiger partial charge in [-0.15, -0.1) is 0 Å². The lowest BCUT2D eigenvalue weighted by Crippen LogP contribution is -2.54. The van der Waals surface area contributed by atoms with Crippen molar-refractivity contribution in [3.05, 3.63) is 0 Å². The third kappa shape index (κ3) is 6.70. The first-order valence-corrected chi connectivity index (χ1v) is 7.86. The second-order valence-corrected chi connectivity index (χ2v) is 6.52. The number of hydrogen-bond acceptors (Lipinski definition) is 5. The van der Waals surface area contributed by atoms with Gasteiger partial charge in [0.1, 0.15) is 17.7 Å². The van der Waals surface area contributed by atoms with Gasteiger partial charge in [-0.2, -0.15) is 11.8 Å². The molecule has 21 heavy (non-hydrogen) atoms. The van der Waals surface area contributed by atoms with E-state index in [1.807, 2.05) is 0 Å². The van der Waals surface area contributed by atoms with E-state index in [2.05, 4.69) is 0 Å². The molecule has 0 spiro atoms. The number of hydrogen-bond donors (Lipinski definition) is 2. The van der Waals surface area contributed by atoms with E-state index in [1.165, 1.54) is 18.7 Å². The van der Waals surface area contributed by atoms with E-state index in [1.54, 1.807) is 27.0 Å². The summed E-state index contributed by atoms with van der Waals surface area (Å²) in [7, 11) is 0. The van der Waals surface area contributed by atoms with Crippen molar-refractivity contribution in [2.24, 2.45) is 0 Å². The van der Waals surface area contributed by atoms with E-state index in [0.717, 1.165) is 4.90 Å². The van der Waals surface area contributed by atoms with E-state index in [4.69, 9.17) is 9.84 Å². The van der Waals surface area contributed by atoms with Gasteiger partial charge in [0.2, 0.25) is 0 Å². The molecule has 0 aliphatic heterocycles. The van der Waals surface area contributed by atoms with Gasteiger partial charge in [-0.1, -0.05) is 0 Å². The minimum absolute atomic E-state index is 0.146. The van der Waals surface area contributed by atoms with Gasteiger partial charge in [0.05, 0.1) is 0 Å². The molecule has 0 saturated heterocycles. The number of aliphatic carboxylic acids is 2. The number of thioether (sulfide) groups is 1. The Labute approximate surface area is 128 Å². The second-order valence-electron chi connectivity index (χ2n) is 5.54. The van der Waals surface area contributed by atoms with Crippen molar-refractivity contribution in [3.63, 3.8) is 0 Å². The number of carbonyl (C=O) groups excluding carboxylic acids is 1. The number of ether oxygens (including phenoxy) is 1. The van der Waals surface area contributed by atoms with Crippen LogP contribution in [0.15, 0.2) is 0 Å². The average Bonchev–Trinajstić information content (AvgIpc) is 2.30. The normalized spacial score (nSPS) is 14.1. The third-order valence-corrected chi connectivity index (χ3v) is 3.24. The molecule has 2 atom stereocenters. The van der Waals surface area contributed by atoms with Gasteiger partial charge in [-0.05, 0) is 46.1 Å². The van der Waals surface area contributed by atoms with Gasteiger partial charge in [-0.25, -0.2) is 14.4 Å². The van der Waals surface area contributed by atoms with Gasteiger partial charge < -0.3 is 14.9 Å². The van der Waals surface area contributed by atoms with E-state index in [0.29, 0.717) is 5.75 Å². The molecule has 7 nitrogen and oxygen atoms in total. The number of carboxylic acid groups (broad SMARTS) is 2. The van der Waals surface area contributed by atoms with Crippen molar-refractivity contribution in [3.8, 4) is 0 Å². The molecule has 0 aromatic carbocycles. The van der Waals surface area contributed by atoms with Crippen LogP contribution in [0, 0.1) is 0 Å². The van der Waals surface area contributed by atoms with E-state index in [-0.39, 0.29) is 6.42 Å². The van der Waals surface area contributed by atoms with Crippen molar-refractivity contribution >= 4 is 29.8 Å². The van der Waals surface area contributed by atoms with E-state index in [9.17, 15) is 19.5 Å². The summed E-state index contributed by atoms with van der Waals surface area (Å²) in [5, 5.41) is 18.4. The third-order valence-electron chi connectivity index (χ3n) is 2.60. The minimum Gasteiger partial charge on any atom is -0.480 e. The maximum absolute atomic E-state index is 12.2. The highest BCUT2D eigenvalue weighted by Crippen LogP contribution is 2.18. The molecule has 0 aromatic rings. The Morgan fingerprint density at radius 3 is 2.05 bits per heavy atom. The van der Waals surface area contributed by atoms with Crippen LogP contribution in [0.1, 0.15) is 34.1 Å². The predicted molar refractivity (Wildman–Crippen MR) is 79.6 cm³/mol. The Hall–Kier alpha value is -1.44. The Morgan fingerprint density at radius 2 is 1.71 bits per heavy atom. The fourth-order valence-electron chi connectivity index (χ4n) is 1.60. The topological polar surface area (TPSA) is 104 Å². The fraction of sp³-hybridized carbons (Fsp3) is 0.769. The molecule has 0 aliphatic rings. The highest BCUT2D eigenvalue weighted by atomic mass is 32.2. The first-order chi connectivity index (χ1) is 9.51. The van der Waals surface area contributed by atoms with Crippen LogP contribution in [-0.4, -0.2) is 62.8 Å². The van der Waals surface area contributed by atoms with Crippen molar-refractivity contribution in [2.45, 2.75) is 51.8 Å². The molecule has 0 bridgehead atoms. The first-order valence-electron chi connectivity index (χ1n) is 6.47. The number of rotatable bonds is 7. The van der Waals surface area contributed by atoms with Gasteiger partial charge in [0.15, 0.2) is 0 Å². The molecule has 0 aromatic heterocycles. The molecule has 2 N–H and O–H groups in total. The zero-order chi connectivity index (χ0) is 16.8. The maximum Gasteiger partial charge on any atom is 0.411 e. The molecule has 1 unspecified atom stereocenters. The summed E-state index contributed by atoms with van der Waals surface area (Å²) < 4.78 is 5.14. The van der Waals surface area contributed by atoms with Crippen molar-refractivity contribution in [1.82, 2.24) is 4.90 Å². The Balaban J connectivity index is 5.41. The average molecular weight is 321 g/mol. The zero-order valence-corrected chi connectivity index (χ0v) is 13.8. The molecule has 0 heterocycles. The summed E-state index contributed by atoms with van der Waals surface area (Å²) in [6, 6.07) is -2.53. The molecule has 0 saturated carbocycles. The largest absolute Gasteiger partial charge is 0.480 e. The van der Waals surface area contributed by atoms with E-state index >= 15 is 0 Å². The number of carbonyl (C=O) groups is 3. The molecule has 0 aliphatic carbocycles. The van der Waals surface area contributed by atoms with Crippen LogP contribution in [0.5, 0.6) is 0 Å². The lowest BCUT2D eigenvalue weighted by atomic mass is 10.1. The van der Waals surface area contributed by atoms with Gasteiger partial charge in [0.25, 0.3) is 0 Å². The van der Waals surface area contributed by atoms with Crippen molar-refractivity contribution in [2.75, 3.05) is 12.0 Å². The van der Waals surface area contributed by atoms with Crippen LogP contribution in [0.4, 0.5) is 4.79 Å². The maximum atomic E-state index is 12.2. The molecule has 0 fully saturated rings. The van der Waals surface area contributed by atoms with Gasteiger partial charge in [-0.3, -0.25) is 4.90 Å². The summed E-state index contributed by atoms with van der Waals surface area (Å²) in [4.78, 5) is 35.5. The summed E-state index contributed by atoms with van der Waals surface area (Å²) >= 11 is 1.42. The molecule has 1 amide bonds. The lowest BCUT2D eigenvalue weighted by Gasteiger charge is -2.33. The predicted octanol–water partition coefficient (Wildman–Crippen LogP) is 1.90. The van der Waals surface area contributed by atoms with Crippen LogP contribution in [0.3, 0.4) is 0 Å². The molecule has 0 radical (unpaired) electrons. The van der Waals surface area contributed by atoms with E-state index < -0.39 is 35.7 Å². The Bertz CT molecular complexity index is 393. The van der Waals surface area contributed by atoms with Crippen LogP contribution in [0.25, 0.3) is 0 Å². The van der Waals surface area contributed by atoms with Crippen LogP contribution in [-0.2, 0) is 14.3 Å². The SMILES string of the molecule is CSCC[C@@H](C(=O)O)N(C(=O)OC(C)(C)C)C(C)C(=O)O. The number of carboxylic acids is 2. The summed E-state index contributed by atoms with van der Waals surface area (Å²) in [5.41, 5.74) is -0.837. The Morgan fingerprint density at radius 1 is 1.19 bits per heavy atom. The monoisotopic (exact) mass is 321 g/mol. The smallest absolute Gasteiger partial charge is 0.411 e. The Kier molecular flexibility index (Phi) is 7.56. The van der Waals surface area contributed by atoms with Gasteiger partial charge in [0, 0.05) is 0 Å². The molecular formula is C13H23NO6S. The quantitative estimate of drug-likeness (QED) is 0.738. The standard InChI is InChI=1S/C13H23NO6S/c1-8(10(15)16)14(12(19)20-13(2,3)4)9(11(17)18)6-7-21-5/h8-9H,6-7H2,1-5H3,(H,15,16)(H,17,18)/t8?,9-/m0/s1. The van der Waals surface area contributed by atoms with Crippen molar-refractivity contribution in [1.29, 1.82) is 0 Å². The minimum atomic E-state index is -1.29. The summed E-state index contributed by atoms with van der Waals surface area (Å²) in [6.07, 6.45) is 1.01. The highest BCUT2D eigenvalue weighted by Gasteiger charge is 2.38. The lowest BCUT2D eigenvalue weighted by molar-refractivity contribution is -0.149. The van der Waals surface area contributed by atoms with Crippen LogP contribution < -0.4 is 0 Å². The number of nitrogens with zero attached hydrogens (tertiary/aromatic N) is 1. The highest BCUT2D eigenvalue weighted by molar-refractivity contribution is 7.98. The number of amides is 1. The first kappa shape index (κ1) is 19.6. The van der Waals surface area contributed by atoms with Crippen molar-refractivity contribution < 1.29 is 29.3 Å². The molecule has 8 heteroatoms. The molecular weight excluding hydrogens is 298 g/mol. The zero-order valence-electron chi connectivity index (χ0n) is 13.0. The van der Waals surface area contributed by atoms with Gasteiger partial charge >= 0.3 is 18.0 Å². The van der Waals surface area contributed by atoms with Crippen LogP contribution in [0.2, 0.25) is 0 Å². The summed E-state index contributed by atoms with van der Waals surface area (Å²) in [6.45, 7) is 6.16. The summed E-state index contributed by atoms with van der Waals surface area (Å²) in [5.74, 6) is -2.04. The molecule has 0 rings (SSSR count). The fourth-order valence-corrected chi connectivity index (χ4v) is 2.06. The second kappa shape index (κ2) is 8.11.